The molecule has 0 saturated carbocycles. The van der Waals surface area contributed by atoms with Crippen LogP contribution < -0.4 is 24.4 Å². The third-order valence-electron chi connectivity index (χ3n) is 4.96. The van der Waals surface area contributed by atoms with Crippen LogP contribution in [0.25, 0.3) is 0 Å². The van der Waals surface area contributed by atoms with E-state index in [1.54, 1.807) is 54.3 Å². The second-order valence-corrected chi connectivity index (χ2v) is 7.82. The smallest absolute Gasteiger partial charge is 0.267 e. The Hall–Kier alpha value is -3.71. The van der Waals surface area contributed by atoms with Gasteiger partial charge in [0.05, 0.1) is 12.2 Å². The quantitative estimate of drug-likeness (QED) is 0.527. The molecule has 0 bridgehead atoms. The SMILES string of the molecule is CC1Oc2ccc(NC(=O)COc3ccc(Cl)cc3)cc2N(CCOc2ccccc2)C1=O. The Kier molecular flexibility index (Phi) is 7.00. The summed E-state index contributed by atoms with van der Waals surface area (Å²) in [5.74, 6) is 1.33. The Bertz CT molecular complexity index is 1120. The van der Waals surface area contributed by atoms with E-state index in [-0.39, 0.29) is 18.4 Å². The fraction of sp³-hybridized carbons (Fsp3) is 0.200. The summed E-state index contributed by atoms with van der Waals surface area (Å²) in [6.07, 6.45) is -0.609. The summed E-state index contributed by atoms with van der Waals surface area (Å²) in [6.45, 7) is 2.19. The molecule has 1 aliphatic heterocycles. The molecule has 1 heterocycles. The molecule has 3 aromatic carbocycles. The van der Waals surface area contributed by atoms with Crippen molar-refractivity contribution in [3.05, 3.63) is 77.8 Å². The zero-order valence-corrected chi connectivity index (χ0v) is 18.7. The summed E-state index contributed by atoms with van der Waals surface area (Å²) in [4.78, 5) is 26.7. The largest absolute Gasteiger partial charge is 0.492 e. The van der Waals surface area contributed by atoms with Gasteiger partial charge in [0.2, 0.25) is 0 Å². The van der Waals surface area contributed by atoms with Crippen LogP contribution in [-0.2, 0) is 9.59 Å². The minimum atomic E-state index is -0.609. The lowest BCUT2D eigenvalue weighted by Gasteiger charge is -2.33. The number of nitrogens with one attached hydrogen (secondary N) is 1. The number of anilines is 2. The molecule has 0 fully saturated rings. The van der Waals surface area contributed by atoms with Gasteiger partial charge in [-0.2, -0.15) is 0 Å². The highest BCUT2D eigenvalue weighted by atomic mass is 35.5. The molecule has 4 rings (SSSR count). The van der Waals surface area contributed by atoms with Crippen molar-refractivity contribution in [3.8, 4) is 17.2 Å². The second-order valence-electron chi connectivity index (χ2n) is 7.38. The van der Waals surface area contributed by atoms with Crippen LogP contribution in [0.2, 0.25) is 5.02 Å². The zero-order chi connectivity index (χ0) is 23.2. The summed E-state index contributed by atoms with van der Waals surface area (Å²) in [7, 11) is 0. The standard InChI is InChI=1S/C25H23ClN2O5/c1-17-25(30)28(13-14-31-20-5-3-2-4-6-20)22-15-19(9-12-23(22)33-17)27-24(29)16-32-21-10-7-18(26)8-11-21/h2-12,15,17H,13-14,16H2,1H3,(H,27,29). The van der Waals surface area contributed by atoms with Gasteiger partial charge in [-0.1, -0.05) is 29.8 Å². The van der Waals surface area contributed by atoms with Crippen LogP contribution in [0.4, 0.5) is 11.4 Å². The van der Waals surface area contributed by atoms with Crippen LogP contribution in [0.5, 0.6) is 17.2 Å². The van der Waals surface area contributed by atoms with Gasteiger partial charge >= 0.3 is 0 Å². The predicted octanol–water partition coefficient (Wildman–Crippen LogP) is 4.55. The van der Waals surface area contributed by atoms with Gasteiger partial charge in [0.25, 0.3) is 11.8 Å². The molecule has 170 valence electrons. The van der Waals surface area contributed by atoms with Gasteiger partial charge in [-0.05, 0) is 61.5 Å². The average molecular weight is 467 g/mol. The first-order chi connectivity index (χ1) is 16.0. The Labute approximate surface area is 196 Å². The minimum Gasteiger partial charge on any atom is -0.492 e. The molecule has 1 atom stereocenters. The number of amides is 2. The van der Waals surface area contributed by atoms with E-state index in [1.165, 1.54) is 0 Å². The summed E-state index contributed by atoms with van der Waals surface area (Å²) in [5, 5.41) is 3.38. The van der Waals surface area contributed by atoms with Crippen molar-refractivity contribution >= 4 is 34.8 Å². The number of rotatable bonds is 8. The second kappa shape index (κ2) is 10.3. The van der Waals surface area contributed by atoms with E-state index in [0.29, 0.717) is 41.0 Å². The maximum absolute atomic E-state index is 12.8. The minimum absolute atomic E-state index is 0.167. The summed E-state index contributed by atoms with van der Waals surface area (Å²) >= 11 is 5.85. The number of carbonyl (C=O) groups is 2. The molecule has 7 nitrogen and oxygen atoms in total. The van der Waals surface area contributed by atoms with Gasteiger partial charge in [-0.15, -0.1) is 0 Å². The maximum Gasteiger partial charge on any atom is 0.267 e. The molecule has 1 aliphatic rings. The third kappa shape index (κ3) is 5.75. The number of nitrogens with zero attached hydrogens (tertiary/aromatic N) is 1. The highest BCUT2D eigenvalue weighted by molar-refractivity contribution is 6.30. The number of para-hydroxylation sites is 1. The predicted molar refractivity (Wildman–Crippen MR) is 126 cm³/mol. The summed E-state index contributed by atoms with van der Waals surface area (Å²) < 4.78 is 17.0. The number of ether oxygens (including phenoxy) is 3. The van der Waals surface area contributed by atoms with E-state index in [0.717, 1.165) is 5.75 Å². The van der Waals surface area contributed by atoms with Crippen molar-refractivity contribution in [2.45, 2.75) is 13.0 Å². The van der Waals surface area contributed by atoms with Crippen molar-refractivity contribution in [1.82, 2.24) is 0 Å². The molecular weight excluding hydrogens is 444 g/mol. The van der Waals surface area contributed by atoms with Crippen molar-refractivity contribution in [1.29, 1.82) is 0 Å². The lowest BCUT2D eigenvalue weighted by Crippen LogP contribution is -2.46. The van der Waals surface area contributed by atoms with Crippen LogP contribution in [0, 0.1) is 0 Å². The number of fused-ring (bicyclic) bond motifs is 1. The molecule has 1 N–H and O–H groups in total. The molecule has 0 aromatic heterocycles. The van der Waals surface area contributed by atoms with E-state index in [2.05, 4.69) is 5.32 Å². The summed E-state index contributed by atoms with van der Waals surface area (Å²) in [5.41, 5.74) is 1.10. The fourth-order valence-corrected chi connectivity index (χ4v) is 3.49. The topological polar surface area (TPSA) is 77.1 Å². The number of carbonyl (C=O) groups excluding carboxylic acids is 2. The third-order valence-corrected chi connectivity index (χ3v) is 5.21. The fourth-order valence-electron chi connectivity index (χ4n) is 3.36. The molecular formula is C25H23ClN2O5. The number of benzene rings is 3. The van der Waals surface area contributed by atoms with Crippen LogP contribution in [0.3, 0.4) is 0 Å². The average Bonchev–Trinajstić information content (AvgIpc) is 2.82. The number of hydrogen-bond donors (Lipinski definition) is 1. The molecule has 0 aliphatic carbocycles. The highest BCUT2D eigenvalue weighted by Crippen LogP contribution is 2.36. The molecule has 0 radical (unpaired) electrons. The molecule has 0 spiro atoms. The summed E-state index contributed by atoms with van der Waals surface area (Å²) in [6, 6.07) is 21.3. The van der Waals surface area contributed by atoms with Crippen LogP contribution in [0.1, 0.15) is 6.92 Å². The van der Waals surface area contributed by atoms with Gasteiger partial charge in [0, 0.05) is 10.7 Å². The Morgan fingerprint density at radius 2 is 1.76 bits per heavy atom. The Morgan fingerprint density at radius 3 is 2.52 bits per heavy atom. The first-order valence-electron chi connectivity index (χ1n) is 10.5. The van der Waals surface area contributed by atoms with E-state index >= 15 is 0 Å². The first-order valence-corrected chi connectivity index (χ1v) is 10.9. The monoisotopic (exact) mass is 466 g/mol. The van der Waals surface area contributed by atoms with Crippen molar-refractivity contribution < 1.29 is 23.8 Å². The molecule has 8 heteroatoms. The van der Waals surface area contributed by atoms with Gasteiger partial charge in [0.1, 0.15) is 23.9 Å². The molecule has 1 unspecified atom stereocenters. The molecule has 3 aromatic rings. The van der Waals surface area contributed by atoms with Gasteiger partial charge in [-0.25, -0.2) is 0 Å². The van der Waals surface area contributed by atoms with Crippen LogP contribution >= 0.6 is 11.6 Å². The lowest BCUT2D eigenvalue weighted by atomic mass is 10.1. The van der Waals surface area contributed by atoms with Crippen LogP contribution in [-0.4, -0.2) is 37.7 Å². The van der Waals surface area contributed by atoms with Crippen LogP contribution in [0.15, 0.2) is 72.8 Å². The lowest BCUT2D eigenvalue weighted by molar-refractivity contribution is -0.125. The Balaban J connectivity index is 1.41. The normalized spacial score (nSPS) is 14.8. The van der Waals surface area contributed by atoms with Crippen molar-refractivity contribution in [2.75, 3.05) is 30.0 Å². The molecule has 0 saturated heterocycles. The van der Waals surface area contributed by atoms with Gasteiger partial charge in [0.15, 0.2) is 12.7 Å². The highest BCUT2D eigenvalue weighted by Gasteiger charge is 2.31. The van der Waals surface area contributed by atoms with Crippen molar-refractivity contribution in [2.24, 2.45) is 0 Å². The molecule has 33 heavy (non-hydrogen) atoms. The van der Waals surface area contributed by atoms with E-state index < -0.39 is 6.10 Å². The van der Waals surface area contributed by atoms with Gasteiger partial charge < -0.3 is 24.4 Å². The number of halogens is 1. The first kappa shape index (κ1) is 22.5. The van der Waals surface area contributed by atoms with E-state index in [1.807, 2.05) is 30.3 Å². The van der Waals surface area contributed by atoms with E-state index in [4.69, 9.17) is 25.8 Å². The van der Waals surface area contributed by atoms with Crippen molar-refractivity contribution in [3.63, 3.8) is 0 Å². The van der Waals surface area contributed by atoms with E-state index in [9.17, 15) is 9.59 Å². The number of hydrogen-bond acceptors (Lipinski definition) is 5. The van der Waals surface area contributed by atoms with Gasteiger partial charge in [-0.3, -0.25) is 9.59 Å². The molecule has 2 amide bonds. The zero-order valence-electron chi connectivity index (χ0n) is 18.0. The Morgan fingerprint density at radius 1 is 1.03 bits per heavy atom. The maximum atomic E-state index is 12.8.